The summed E-state index contributed by atoms with van der Waals surface area (Å²) in [5.74, 6) is 0.0726. The first-order valence-corrected chi connectivity index (χ1v) is 7.66. The van der Waals surface area contributed by atoms with E-state index in [1.54, 1.807) is 0 Å². The van der Waals surface area contributed by atoms with Crippen LogP contribution < -0.4 is 4.72 Å². The van der Waals surface area contributed by atoms with Crippen molar-refractivity contribution in [2.75, 3.05) is 17.8 Å². The maximum atomic E-state index is 12.1. The average Bonchev–Trinajstić information content (AvgIpc) is 2.61. The van der Waals surface area contributed by atoms with Crippen LogP contribution in [0.3, 0.4) is 0 Å². The summed E-state index contributed by atoms with van der Waals surface area (Å²) in [7, 11) is -3.59. The van der Waals surface area contributed by atoms with Crippen LogP contribution in [0.1, 0.15) is 25.7 Å². The van der Waals surface area contributed by atoms with Crippen molar-refractivity contribution in [3.8, 4) is 0 Å². The lowest BCUT2D eigenvalue weighted by Crippen LogP contribution is -2.36. The van der Waals surface area contributed by atoms with Gasteiger partial charge in [-0.15, -0.1) is 0 Å². The van der Waals surface area contributed by atoms with E-state index in [0.717, 1.165) is 25.7 Å². The minimum atomic E-state index is -3.59. The summed E-state index contributed by atoms with van der Waals surface area (Å²) in [5, 5.41) is 0.0518. The zero-order chi connectivity index (χ0) is 13.0. The highest BCUT2D eigenvalue weighted by Crippen LogP contribution is 2.19. The van der Waals surface area contributed by atoms with Gasteiger partial charge in [0.15, 0.2) is 11.0 Å². The molecule has 1 aromatic heterocycles. The van der Waals surface area contributed by atoms with Gasteiger partial charge in [-0.05, 0) is 12.8 Å². The lowest BCUT2D eigenvalue weighted by atomic mass is 10.2. The first kappa shape index (κ1) is 13.5. The second kappa shape index (κ2) is 5.81. The molecule has 2 heterocycles. The minimum absolute atomic E-state index is 0.0518. The van der Waals surface area contributed by atoms with Crippen LogP contribution in [0.4, 0.5) is 5.82 Å². The molecular weight excluding hydrogens is 276 g/mol. The first-order valence-electron chi connectivity index (χ1n) is 5.84. The molecule has 1 N–H and O–H groups in total. The highest BCUT2D eigenvalue weighted by molar-refractivity contribution is 7.90. The fraction of sp³-hybridized carbons (Fsp3) is 0.600. The van der Waals surface area contributed by atoms with E-state index in [1.165, 1.54) is 16.7 Å². The highest BCUT2D eigenvalue weighted by Gasteiger charge is 2.24. The molecule has 1 fully saturated rings. The summed E-state index contributed by atoms with van der Waals surface area (Å²) < 4.78 is 28.1. The Bertz CT molecular complexity index is 500. The Hall–Kier alpha value is -0.920. The van der Waals surface area contributed by atoms with E-state index >= 15 is 0 Å². The number of hydrogen-bond donors (Lipinski definition) is 1. The van der Waals surface area contributed by atoms with Gasteiger partial charge in [-0.2, -0.15) is 12.7 Å². The summed E-state index contributed by atoms with van der Waals surface area (Å²) in [5.41, 5.74) is 0. The standard InChI is InChI=1S/C10H15ClN4O2S/c11-9-10(13-6-5-12-9)14-18(16,17)15-7-3-1-2-4-8-15/h5-6H,1-4,7-8H2,(H,13,14). The lowest BCUT2D eigenvalue weighted by Gasteiger charge is -2.20. The SMILES string of the molecule is O=S(=O)(Nc1nccnc1Cl)N1CCCCCC1. The molecule has 8 heteroatoms. The molecule has 0 aromatic carbocycles. The molecule has 1 aliphatic heterocycles. The van der Waals surface area contributed by atoms with Crippen LogP contribution in [-0.4, -0.2) is 35.8 Å². The van der Waals surface area contributed by atoms with Gasteiger partial charge in [0.1, 0.15) is 0 Å². The monoisotopic (exact) mass is 290 g/mol. The van der Waals surface area contributed by atoms with Crippen molar-refractivity contribution in [2.24, 2.45) is 0 Å². The summed E-state index contributed by atoms with van der Waals surface area (Å²) in [4.78, 5) is 7.65. The van der Waals surface area contributed by atoms with Crippen molar-refractivity contribution >= 4 is 27.6 Å². The molecule has 1 saturated heterocycles. The topological polar surface area (TPSA) is 75.2 Å². The van der Waals surface area contributed by atoms with E-state index in [1.807, 2.05) is 0 Å². The van der Waals surface area contributed by atoms with E-state index in [9.17, 15) is 8.42 Å². The quantitative estimate of drug-likeness (QED) is 0.919. The summed E-state index contributed by atoms with van der Waals surface area (Å²) in [6.07, 6.45) is 6.71. The Morgan fingerprint density at radius 3 is 2.33 bits per heavy atom. The summed E-state index contributed by atoms with van der Waals surface area (Å²) >= 11 is 5.78. The van der Waals surface area contributed by atoms with Crippen LogP contribution >= 0.6 is 11.6 Å². The largest absolute Gasteiger partial charge is 0.302 e. The molecule has 1 aliphatic rings. The third kappa shape index (κ3) is 3.30. The number of anilines is 1. The van der Waals surface area contributed by atoms with Crippen LogP contribution in [0.5, 0.6) is 0 Å². The van der Waals surface area contributed by atoms with Gasteiger partial charge in [0.25, 0.3) is 0 Å². The van der Waals surface area contributed by atoms with Gasteiger partial charge in [0, 0.05) is 25.5 Å². The van der Waals surface area contributed by atoms with Gasteiger partial charge in [0.2, 0.25) is 0 Å². The molecule has 6 nitrogen and oxygen atoms in total. The number of aromatic nitrogens is 2. The maximum absolute atomic E-state index is 12.1. The van der Waals surface area contributed by atoms with E-state index in [-0.39, 0.29) is 11.0 Å². The van der Waals surface area contributed by atoms with E-state index in [0.29, 0.717) is 13.1 Å². The number of nitrogens with zero attached hydrogens (tertiary/aromatic N) is 3. The summed E-state index contributed by atoms with van der Waals surface area (Å²) in [6, 6.07) is 0. The van der Waals surface area contributed by atoms with Crippen molar-refractivity contribution in [3.05, 3.63) is 17.5 Å². The number of halogens is 1. The Labute approximate surface area is 112 Å². The van der Waals surface area contributed by atoms with Gasteiger partial charge in [-0.1, -0.05) is 24.4 Å². The van der Waals surface area contributed by atoms with Crippen molar-refractivity contribution in [1.82, 2.24) is 14.3 Å². The molecule has 1 aromatic rings. The van der Waals surface area contributed by atoms with E-state index in [4.69, 9.17) is 11.6 Å². The van der Waals surface area contributed by atoms with Gasteiger partial charge in [-0.25, -0.2) is 9.97 Å². The van der Waals surface area contributed by atoms with Crippen LogP contribution in [0.25, 0.3) is 0 Å². The third-order valence-electron chi connectivity index (χ3n) is 2.78. The molecule has 18 heavy (non-hydrogen) atoms. The van der Waals surface area contributed by atoms with Crippen molar-refractivity contribution in [2.45, 2.75) is 25.7 Å². The Balaban J connectivity index is 2.13. The van der Waals surface area contributed by atoms with Gasteiger partial charge < -0.3 is 0 Å². The van der Waals surface area contributed by atoms with Crippen LogP contribution in [0.2, 0.25) is 5.15 Å². The Morgan fingerprint density at radius 1 is 1.11 bits per heavy atom. The fourth-order valence-electron chi connectivity index (χ4n) is 1.86. The number of nitrogens with one attached hydrogen (secondary N) is 1. The second-order valence-electron chi connectivity index (χ2n) is 4.12. The van der Waals surface area contributed by atoms with Crippen LogP contribution in [0, 0.1) is 0 Å². The Morgan fingerprint density at radius 2 is 1.72 bits per heavy atom. The highest BCUT2D eigenvalue weighted by atomic mass is 35.5. The number of hydrogen-bond acceptors (Lipinski definition) is 4. The van der Waals surface area contributed by atoms with E-state index < -0.39 is 10.2 Å². The first-order chi connectivity index (χ1) is 8.59. The predicted molar refractivity (Wildman–Crippen MR) is 69.6 cm³/mol. The zero-order valence-corrected chi connectivity index (χ0v) is 11.4. The molecule has 0 saturated carbocycles. The minimum Gasteiger partial charge on any atom is -0.252 e. The summed E-state index contributed by atoms with van der Waals surface area (Å²) in [6.45, 7) is 1.07. The van der Waals surface area contributed by atoms with Gasteiger partial charge in [0.05, 0.1) is 0 Å². The number of rotatable bonds is 3. The second-order valence-corrected chi connectivity index (χ2v) is 6.14. The van der Waals surface area contributed by atoms with Gasteiger partial charge in [-0.3, -0.25) is 4.72 Å². The van der Waals surface area contributed by atoms with Crippen LogP contribution in [0.15, 0.2) is 12.4 Å². The molecule has 0 aliphatic carbocycles. The van der Waals surface area contributed by atoms with Crippen molar-refractivity contribution < 1.29 is 8.42 Å². The molecule has 0 unspecified atom stereocenters. The maximum Gasteiger partial charge on any atom is 0.302 e. The van der Waals surface area contributed by atoms with Crippen molar-refractivity contribution in [3.63, 3.8) is 0 Å². The molecule has 100 valence electrons. The zero-order valence-electron chi connectivity index (χ0n) is 9.84. The molecule has 2 rings (SSSR count). The fourth-order valence-corrected chi connectivity index (χ4v) is 3.33. The Kier molecular flexibility index (Phi) is 4.36. The van der Waals surface area contributed by atoms with Crippen LogP contribution in [-0.2, 0) is 10.2 Å². The third-order valence-corrected chi connectivity index (χ3v) is 4.56. The molecular formula is C10H15ClN4O2S. The van der Waals surface area contributed by atoms with Gasteiger partial charge >= 0.3 is 10.2 Å². The molecule has 0 amide bonds. The average molecular weight is 291 g/mol. The van der Waals surface area contributed by atoms with Crippen molar-refractivity contribution in [1.29, 1.82) is 0 Å². The smallest absolute Gasteiger partial charge is 0.252 e. The molecule has 0 bridgehead atoms. The molecule has 0 spiro atoms. The lowest BCUT2D eigenvalue weighted by molar-refractivity contribution is 0.427. The molecule has 0 atom stereocenters. The normalized spacial score (nSPS) is 18.3. The molecule has 0 radical (unpaired) electrons. The predicted octanol–water partition coefficient (Wildman–Crippen LogP) is 1.66. The van der Waals surface area contributed by atoms with E-state index in [2.05, 4.69) is 14.7 Å².